The molecule has 0 saturated carbocycles. The summed E-state index contributed by atoms with van der Waals surface area (Å²) in [5, 5.41) is 2.98. The van der Waals surface area contributed by atoms with Crippen LogP contribution in [0.2, 0.25) is 0 Å². The molecule has 41 heavy (non-hydrogen) atoms. The second-order valence-corrected chi connectivity index (χ2v) is 11.9. The van der Waals surface area contributed by atoms with Crippen molar-refractivity contribution in [1.82, 2.24) is 10.2 Å². The number of rotatable bonds is 13. The SMILES string of the molecule is CCCCNC(=O)[C@@H](Cc1ccccc1)N(Cc1ccccc1)C(=O)CN(c1ccc2c(c1)OCCO2)S(C)(=O)=O. The molecule has 1 N–H and O–H groups in total. The van der Waals surface area contributed by atoms with Gasteiger partial charge in [-0.2, -0.15) is 0 Å². The van der Waals surface area contributed by atoms with Gasteiger partial charge in [0, 0.05) is 25.6 Å². The molecule has 0 spiro atoms. The number of sulfonamides is 1. The number of hydrogen-bond acceptors (Lipinski definition) is 6. The van der Waals surface area contributed by atoms with Gasteiger partial charge in [0.2, 0.25) is 21.8 Å². The monoisotopic (exact) mass is 579 g/mol. The average Bonchev–Trinajstić information content (AvgIpc) is 2.98. The van der Waals surface area contributed by atoms with E-state index in [1.165, 1.54) is 4.90 Å². The summed E-state index contributed by atoms with van der Waals surface area (Å²) < 4.78 is 38.2. The second-order valence-electron chi connectivity index (χ2n) is 9.95. The highest BCUT2D eigenvalue weighted by Crippen LogP contribution is 2.34. The van der Waals surface area contributed by atoms with Crippen LogP contribution in [0.5, 0.6) is 11.5 Å². The van der Waals surface area contributed by atoms with Gasteiger partial charge in [0.25, 0.3) is 0 Å². The van der Waals surface area contributed by atoms with Crippen molar-refractivity contribution in [1.29, 1.82) is 0 Å². The molecule has 0 fully saturated rings. The van der Waals surface area contributed by atoms with Crippen molar-refractivity contribution < 1.29 is 27.5 Å². The smallest absolute Gasteiger partial charge is 0.244 e. The van der Waals surface area contributed by atoms with Crippen molar-refractivity contribution in [2.24, 2.45) is 0 Å². The van der Waals surface area contributed by atoms with Gasteiger partial charge in [0.15, 0.2) is 11.5 Å². The Hall–Kier alpha value is -4.05. The minimum Gasteiger partial charge on any atom is -0.486 e. The van der Waals surface area contributed by atoms with E-state index < -0.39 is 28.5 Å². The summed E-state index contributed by atoms with van der Waals surface area (Å²) in [5.41, 5.74) is 1.99. The molecule has 0 bridgehead atoms. The second kappa shape index (κ2) is 14.0. The Kier molecular flexibility index (Phi) is 10.2. The summed E-state index contributed by atoms with van der Waals surface area (Å²) in [6, 6.07) is 22.8. The van der Waals surface area contributed by atoms with Crippen LogP contribution < -0.4 is 19.1 Å². The fourth-order valence-corrected chi connectivity index (χ4v) is 5.48. The molecule has 4 rings (SSSR count). The molecule has 10 heteroatoms. The fourth-order valence-electron chi connectivity index (χ4n) is 4.64. The lowest BCUT2D eigenvalue weighted by atomic mass is 10.0. The summed E-state index contributed by atoms with van der Waals surface area (Å²) in [6.07, 6.45) is 3.05. The average molecular weight is 580 g/mol. The lowest BCUT2D eigenvalue weighted by molar-refractivity contribution is -0.140. The van der Waals surface area contributed by atoms with Gasteiger partial charge in [-0.05, 0) is 29.7 Å². The highest BCUT2D eigenvalue weighted by atomic mass is 32.2. The number of hydrogen-bond donors (Lipinski definition) is 1. The first-order chi connectivity index (χ1) is 19.8. The van der Waals surface area contributed by atoms with Crippen molar-refractivity contribution in [3.05, 3.63) is 90.0 Å². The first-order valence-corrected chi connectivity index (χ1v) is 15.6. The van der Waals surface area contributed by atoms with Gasteiger partial charge in [-0.3, -0.25) is 13.9 Å². The third-order valence-electron chi connectivity index (χ3n) is 6.79. The van der Waals surface area contributed by atoms with Gasteiger partial charge in [-0.25, -0.2) is 8.42 Å². The van der Waals surface area contributed by atoms with E-state index in [9.17, 15) is 18.0 Å². The Morgan fingerprint density at radius 3 is 2.17 bits per heavy atom. The number of ether oxygens (including phenoxy) is 2. The summed E-state index contributed by atoms with van der Waals surface area (Å²) in [6.45, 7) is 2.92. The molecule has 1 atom stereocenters. The predicted molar refractivity (Wildman–Crippen MR) is 158 cm³/mol. The first-order valence-electron chi connectivity index (χ1n) is 13.8. The van der Waals surface area contributed by atoms with Crippen LogP contribution in [0.4, 0.5) is 5.69 Å². The molecule has 1 heterocycles. The number of nitrogens with zero attached hydrogens (tertiary/aromatic N) is 2. The zero-order valence-corrected chi connectivity index (χ0v) is 24.3. The van der Waals surface area contributed by atoms with Crippen LogP contribution in [0.15, 0.2) is 78.9 Å². The fraction of sp³-hybridized carbons (Fsp3) is 0.355. The predicted octanol–water partition coefficient (Wildman–Crippen LogP) is 3.78. The summed E-state index contributed by atoms with van der Waals surface area (Å²) in [7, 11) is -3.88. The molecule has 3 aromatic rings. The Labute approximate surface area is 242 Å². The Morgan fingerprint density at radius 1 is 0.902 bits per heavy atom. The van der Waals surface area contributed by atoms with Crippen LogP contribution in [-0.4, -0.2) is 63.7 Å². The molecule has 1 aliphatic heterocycles. The molecule has 0 unspecified atom stereocenters. The summed E-state index contributed by atoms with van der Waals surface area (Å²) >= 11 is 0. The number of carbonyl (C=O) groups is 2. The van der Waals surface area contributed by atoms with E-state index in [4.69, 9.17) is 9.47 Å². The van der Waals surface area contributed by atoms with E-state index in [2.05, 4.69) is 5.32 Å². The zero-order valence-electron chi connectivity index (χ0n) is 23.5. The number of amides is 2. The molecule has 0 aliphatic carbocycles. The maximum Gasteiger partial charge on any atom is 0.244 e. The third kappa shape index (κ3) is 8.23. The topological polar surface area (TPSA) is 105 Å². The quantitative estimate of drug-likeness (QED) is 0.309. The van der Waals surface area contributed by atoms with Crippen LogP contribution in [0.1, 0.15) is 30.9 Å². The van der Waals surface area contributed by atoms with Crippen LogP contribution in [0.25, 0.3) is 0 Å². The van der Waals surface area contributed by atoms with E-state index in [1.807, 2.05) is 67.6 Å². The van der Waals surface area contributed by atoms with E-state index in [1.54, 1.807) is 18.2 Å². The molecule has 9 nitrogen and oxygen atoms in total. The van der Waals surface area contributed by atoms with Crippen LogP contribution in [0.3, 0.4) is 0 Å². The third-order valence-corrected chi connectivity index (χ3v) is 7.93. The number of fused-ring (bicyclic) bond motifs is 1. The van der Waals surface area contributed by atoms with Crippen LogP contribution >= 0.6 is 0 Å². The van der Waals surface area contributed by atoms with Gasteiger partial charge < -0.3 is 19.7 Å². The first kappa shape index (κ1) is 29.9. The van der Waals surface area contributed by atoms with Gasteiger partial charge in [-0.15, -0.1) is 0 Å². The van der Waals surface area contributed by atoms with Crippen molar-refractivity contribution in [3.8, 4) is 11.5 Å². The van der Waals surface area contributed by atoms with Gasteiger partial charge in [0.05, 0.1) is 11.9 Å². The lowest BCUT2D eigenvalue weighted by Crippen LogP contribution is -2.53. The maximum absolute atomic E-state index is 14.1. The van der Waals surface area contributed by atoms with Crippen LogP contribution in [0, 0.1) is 0 Å². The zero-order chi connectivity index (χ0) is 29.2. The van der Waals surface area contributed by atoms with E-state index in [0.29, 0.717) is 31.3 Å². The highest BCUT2D eigenvalue weighted by molar-refractivity contribution is 7.92. The molecular formula is C31H37N3O6S. The molecule has 3 aromatic carbocycles. The maximum atomic E-state index is 14.1. The molecular weight excluding hydrogens is 542 g/mol. The lowest BCUT2D eigenvalue weighted by Gasteiger charge is -2.33. The Bertz CT molecular complexity index is 1420. The molecule has 0 radical (unpaired) electrons. The molecule has 0 saturated heterocycles. The molecule has 2 amide bonds. The minimum atomic E-state index is -3.88. The number of unbranched alkanes of at least 4 members (excludes halogenated alkanes) is 1. The molecule has 0 aromatic heterocycles. The number of carbonyl (C=O) groups excluding carboxylic acids is 2. The van der Waals surface area contributed by atoms with Crippen molar-refractivity contribution >= 4 is 27.5 Å². The summed E-state index contributed by atoms with van der Waals surface area (Å²) in [5.74, 6) is 0.142. The normalized spacial score (nSPS) is 13.2. The molecule has 218 valence electrons. The number of benzene rings is 3. The van der Waals surface area contributed by atoms with Gasteiger partial charge in [-0.1, -0.05) is 74.0 Å². The highest BCUT2D eigenvalue weighted by Gasteiger charge is 2.33. The largest absolute Gasteiger partial charge is 0.486 e. The van der Waals surface area contributed by atoms with Crippen molar-refractivity contribution in [2.75, 3.05) is 36.9 Å². The van der Waals surface area contributed by atoms with Crippen LogP contribution in [-0.2, 0) is 32.6 Å². The van der Waals surface area contributed by atoms with Crippen molar-refractivity contribution in [2.45, 2.75) is 38.8 Å². The van der Waals surface area contributed by atoms with E-state index >= 15 is 0 Å². The van der Waals surface area contributed by atoms with E-state index in [-0.39, 0.29) is 24.6 Å². The standard InChI is InChI=1S/C31H37N3O6S/c1-3-4-17-32-31(36)27(20-24-11-7-5-8-12-24)33(22-25-13-9-6-10-14-25)30(35)23-34(41(2,37)38)26-15-16-28-29(21-26)40-19-18-39-28/h5-16,21,27H,3-4,17-20,22-23H2,1-2H3,(H,32,36)/t27-/m1/s1. The van der Waals surface area contributed by atoms with Crippen molar-refractivity contribution in [3.63, 3.8) is 0 Å². The Balaban J connectivity index is 1.69. The van der Waals surface area contributed by atoms with E-state index in [0.717, 1.165) is 34.5 Å². The minimum absolute atomic E-state index is 0.136. The van der Waals surface area contributed by atoms with Gasteiger partial charge in [0.1, 0.15) is 25.8 Å². The molecule has 1 aliphatic rings. The number of anilines is 1. The Morgan fingerprint density at radius 2 is 1.54 bits per heavy atom. The number of nitrogens with one attached hydrogen (secondary N) is 1. The summed E-state index contributed by atoms with van der Waals surface area (Å²) in [4.78, 5) is 29.2. The van der Waals surface area contributed by atoms with Gasteiger partial charge >= 0.3 is 0 Å².